The number of nitrogens with zero attached hydrogens (tertiary/aromatic N) is 1. The Kier molecular flexibility index (Phi) is 7.69. The predicted molar refractivity (Wildman–Crippen MR) is 138 cm³/mol. The summed E-state index contributed by atoms with van der Waals surface area (Å²) in [6.07, 6.45) is 0.822. The lowest BCUT2D eigenvalue weighted by Crippen LogP contribution is -2.42. The number of sulfonamides is 1. The maximum absolute atomic E-state index is 13.0. The van der Waals surface area contributed by atoms with Crippen LogP contribution in [0.3, 0.4) is 0 Å². The highest BCUT2D eigenvalue weighted by Gasteiger charge is 2.32. The van der Waals surface area contributed by atoms with Crippen LogP contribution in [0, 0.1) is 12.8 Å². The Balaban J connectivity index is 1.42. The molecule has 0 atom stereocenters. The largest absolute Gasteiger partial charge is 0.325 e. The van der Waals surface area contributed by atoms with Crippen LogP contribution in [-0.4, -0.2) is 37.5 Å². The van der Waals surface area contributed by atoms with Crippen molar-refractivity contribution in [3.8, 4) is 0 Å². The molecular formula is C27H27ClN2O4S. The second-order valence-corrected chi connectivity index (χ2v) is 11.1. The molecule has 3 aromatic carbocycles. The average Bonchev–Trinajstić information content (AvgIpc) is 2.86. The Morgan fingerprint density at radius 3 is 2.31 bits per heavy atom. The van der Waals surface area contributed by atoms with Gasteiger partial charge >= 0.3 is 0 Å². The summed E-state index contributed by atoms with van der Waals surface area (Å²) in [5.74, 6) is -0.868. The van der Waals surface area contributed by atoms with Crippen molar-refractivity contribution in [2.45, 2.75) is 25.5 Å². The summed E-state index contributed by atoms with van der Waals surface area (Å²) in [4.78, 5) is 26.1. The van der Waals surface area contributed by atoms with Crippen molar-refractivity contribution in [2.24, 2.45) is 5.92 Å². The second kappa shape index (κ2) is 10.7. The average molecular weight is 511 g/mol. The Labute approximate surface area is 211 Å². The van der Waals surface area contributed by atoms with E-state index >= 15 is 0 Å². The number of carbonyl (C=O) groups excluding carboxylic acids is 2. The molecule has 0 aromatic heterocycles. The zero-order valence-electron chi connectivity index (χ0n) is 19.4. The molecule has 1 N–H and O–H groups in total. The molecule has 1 aliphatic rings. The van der Waals surface area contributed by atoms with Crippen LogP contribution in [0.25, 0.3) is 0 Å². The normalized spacial score (nSPS) is 15.0. The molecule has 1 heterocycles. The van der Waals surface area contributed by atoms with Crippen LogP contribution in [0.15, 0.2) is 72.8 Å². The van der Waals surface area contributed by atoms with Gasteiger partial charge in [-0.05, 0) is 49.1 Å². The fourth-order valence-corrected chi connectivity index (χ4v) is 6.09. The number of halogens is 1. The van der Waals surface area contributed by atoms with Gasteiger partial charge in [-0.3, -0.25) is 9.59 Å². The van der Waals surface area contributed by atoms with Gasteiger partial charge in [0.25, 0.3) is 0 Å². The number of anilines is 1. The van der Waals surface area contributed by atoms with Crippen LogP contribution in [0.4, 0.5) is 5.69 Å². The number of ketones is 1. The van der Waals surface area contributed by atoms with Gasteiger partial charge in [0.1, 0.15) is 0 Å². The lowest BCUT2D eigenvalue weighted by atomic mass is 9.96. The number of benzene rings is 3. The standard InChI is InChI=1S/C27H27ClN2O4S/c1-19-7-5-6-10-22(19)18-35(33,34)30-15-13-21(14-16-30)27(32)29-25-12-11-23(28)17-24(25)26(31)20-8-3-2-4-9-20/h2-12,17,21H,13-16,18H2,1H3,(H,29,32). The van der Waals surface area contributed by atoms with Gasteiger partial charge in [0.2, 0.25) is 15.9 Å². The van der Waals surface area contributed by atoms with Crippen molar-refractivity contribution in [3.05, 3.63) is 100 Å². The first-order valence-electron chi connectivity index (χ1n) is 11.5. The van der Waals surface area contributed by atoms with E-state index in [2.05, 4.69) is 5.32 Å². The molecule has 0 unspecified atom stereocenters. The van der Waals surface area contributed by atoms with E-state index < -0.39 is 10.0 Å². The van der Waals surface area contributed by atoms with E-state index in [0.717, 1.165) is 11.1 Å². The fourth-order valence-electron chi connectivity index (χ4n) is 4.25. The fraction of sp³-hybridized carbons (Fsp3) is 0.259. The van der Waals surface area contributed by atoms with E-state index in [1.807, 2.05) is 37.3 Å². The number of carbonyl (C=O) groups is 2. The number of hydrogen-bond acceptors (Lipinski definition) is 4. The topological polar surface area (TPSA) is 83.6 Å². The van der Waals surface area contributed by atoms with Crippen LogP contribution in [0.2, 0.25) is 5.02 Å². The number of aryl methyl sites for hydroxylation is 1. The van der Waals surface area contributed by atoms with E-state index in [1.54, 1.807) is 42.5 Å². The first-order chi connectivity index (χ1) is 16.7. The van der Waals surface area contributed by atoms with Crippen molar-refractivity contribution in [3.63, 3.8) is 0 Å². The van der Waals surface area contributed by atoms with Gasteiger partial charge in [-0.25, -0.2) is 12.7 Å². The summed E-state index contributed by atoms with van der Waals surface area (Å²) in [7, 11) is -3.48. The molecule has 4 rings (SSSR count). The van der Waals surface area contributed by atoms with E-state index in [0.29, 0.717) is 34.7 Å². The molecule has 0 saturated carbocycles. The number of hydrogen-bond donors (Lipinski definition) is 1. The van der Waals surface area contributed by atoms with Crippen molar-refractivity contribution in [1.29, 1.82) is 0 Å². The smallest absolute Gasteiger partial charge is 0.227 e. The summed E-state index contributed by atoms with van der Waals surface area (Å²) < 4.78 is 27.3. The summed E-state index contributed by atoms with van der Waals surface area (Å²) in [6.45, 7) is 2.46. The molecule has 0 spiro atoms. The maximum Gasteiger partial charge on any atom is 0.227 e. The van der Waals surface area contributed by atoms with E-state index in [4.69, 9.17) is 11.6 Å². The van der Waals surface area contributed by atoms with Crippen LogP contribution in [0.1, 0.15) is 39.9 Å². The molecule has 1 aliphatic heterocycles. The van der Waals surface area contributed by atoms with Crippen LogP contribution >= 0.6 is 11.6 Å². The highest BCUT2D eigenvalue weighted by atomic mass is 35.5. The molecule has 35 heavy (non-hydrogen) atoms. The van der Waals surface area contributed by atoms with Crippen LogP contribution in [0.5, 0.6) is 0 Å². The molecule has 182 valence electrons. The van der Waals surface area contributed by atoms with Gasteiger partial charge in [-0.2, -0.15) is 0 Å². The van der Waals surface area contributed by atoms with Crippen molar-refractivity contribution in [1.82, 2.24) is 4.31 Å². The van der Waals surface area contributed by atoms with Gasteiger partial charge in [-0.15, -0.1) is 0 Å². The number of nitrogens with one attached hydrogen (secondary N) is 1. The number of amides is 1. The molecule has 3 aromatic rings. The molecule has 1 saturated heterocycles. The number of rotatable bonds is 7. The molecule has 0 bridgehead atoms. The van der Waals surface area contributed by atoms with Gasteiger partial charge in [0.15, 0.2) is 5.78 Å². The molecule has 6 nitrogen and oxygen atoms in total. The number of piperidine rings is 1. The minimum atomic E-state index is -3.48. The second-order valence-electron chi connectivity index (χ2n) is 8.73. The third-order valence-corrected chi connectivity index (χ3v) is 8.40. The first-order valence-corrected chi connectivity index (χ1v) is 13.5. The monoisotopic (exact) mass is 510 g/mol. The lowest BCUT2D eigenvalue weighted by Gasteiger charge is -2.31. The van der Waals surface area contributed by atoms with Crippen LogP contribution in [-0.2, 0) is 20.6 Å². The first kappa shape index (κ1) is 25.1. The summed E-state index contributed by atoms with van der Waals surface area (Å²) in [6, 6.07) is 21.0. The zero-order chi connectivity index (χ0) is 25.0. The molecule has 1 amide bonds. The summed E-state index contributed by atoms with van der Waals surface area (Å²) >= 11 is 6.13. The molecular weight excluding hydrogens is 484 g/mol. The lowest BCUT2D eigenvalue weighted by molar-refractivity contribution is -0.120. The SMILES string of the molecule is Cc1ccccc1CS(=O)(=O)N1CCC(C(=O)Nc2ccc(Cl)cc2C(=O)c2ccccc2)CC1. The summed E-state index contributed by atoms with van der Waals surface area (Å²) in [5.41, 5.74) is 2.93. The third kappa shape index (κ3) is 5.99. The quantitative estimate of drug-likeness (QED) is 0.450. The third-order valence-electron chi connectivity index (χ3n) is 6.34. The Hall–Kier alpha value is -3.00. The van der Waals surface area contributed by atoms with Gasteiger partial charge < -0.3 is 5.32 Å². The Bertz CT molecular complexity index is 1330. The Morgan fingerprint density at radius 1 is 0.971 bits per heavy atom. The predicted octanol–water partition coefficient (Wildman–Crippen LogP) is 5.06. The highest BCUT2D eigenvalue weighted by Crippen LogP contribution is 2.27. The molecule has 8 heteroatoms. The molecule has 1 fully saturated rings. The van der Waals surface area contributed by atoms with E-state index in [-0.39, 0.29) is 36.5 Å². The minimum absolute atomic E-state index is 0.0493. The van der Waals surface area contributed by atoms with Gasteiger partial charge in [-0.1, -0.05) is 66.2 Å². The maximum atomic E-state index is 13.0. The van der Waals surface area contributed by atoms with Crippen molar-refractivity contribution >= 4 is 39.0 Å². The molecule has 0 aliphatic carbocycles. The van der Waals surface area contributed by atoms with Gasteiger partial charge in [0.05, 0.1) is 11.4 Å². The van der Waals surface area contributed by atoms with E-state index in [9.17, 15) is 18.0 Å². The van der Waals surface area contributed by atoms with E-state index in [1.165, 1.54) is 4.31 Å². The zero-order valence-corrected chi connectivity index (χ0v) is 21.0. The highest BCUT2D eigenvalue weighted by molar-refractivity contribution is 7.88. The van der Waals surface area contributed by atoms with Crippen molar-refractivity contribution < 1.29 is 18.0 Å². The summed E-state index contributed by atoms with van der Waals surface area (Å²) in [5, 5.41) is 3.27. The van der Waals surface area contributed by atoms with Gasteiger partial charge in [0, 0.05) is 35.2 Å². The molecule has 0 radical (unpaired) electrons. The van der Waals surface area contributed by atoms with Crippen molar-refractivity contribution in [2.75, 3.05) is 18.4 Å². The van der Waals surface area contributed by atoms with Crippen LogP contribution < -0.4 is 5.32 Å². The minimum Gasteiger partial charge on any atom is -0.325 e. The Morgan fingerprint density at radius 2 is 1.63 bits per heavy atom.